The highest BCUT2D eigenvalue weighted by Gasteiger charge is 2.18. The third kappa shape index (κ3) is 2.08. The van der Waals surface area contributed by atoms with Gasteiger partial charge in [0.05, 0.1) is 6.33 Å². The van der Waals surface area contributed by atoms with Crippen molar-refractivity contribution in [2.75, 3.05) is 0 Å². The van der Waals surface area contributed by atoms with E-state index >= 15 is 0 Å². The van der Waals surface area contributed by atoms with Crippen LogP contribution in [0.5, 0.6) is 0 Å². The van der Waals surface area contributed by atoms with Gasteiger partial charge in [-0.15, -0.1) is 0 Å². The lowest BCUT2D eigenvalue weighted by Gasteiger charge is -2.26. The lowest BCUT2D eigenvalue weighted by molar-refractivity contribution is -0.122. The normalized spacial score (nSPS) is 16.6. The molecule has 1 heterocycles. The molecule has 2 rings (SSSR count). The Morgan fingerprint density at radius 1 is 1.62 bits per heavy atom. The van der Waals surface area contributed by atoms with Crippen molar-refractivity contribution in [3.05, 3.63) is 18.7 Å². The molecule has 0 aliphatic heterocycles. The number of carbonyl (C=O) groups is 1. The van der Waals surface area contributed by atoms with Crippen molar-refractivity contribution in [3.8, 4) is 0 Å². The number of hydrogen-bond acceptors (Lipinski definition) is 2. The average Bonchev–Trinajstić information content (AvgIpc) is 2.49. The molecular formula is C9H13N3O. The fraction of sp³-hybridized carbons (Fsp3) is 0.556. The Morgan fingerprint density at radius 3 is 3.00 bits per heavy atom. The van der Waals surface area contributed by atoms with Gasteiger partial charge in [0.25, 0.3) is 0 Å². The van der Waals surface area contributed by atoms with E-state index in [0.29, 0.717) is 12.6 Å². The van der Waals surface area contributed by atoms with E-state index in [2.05, 4.69) is 10.3 Å². The Hall–Kier alpha value is -1.32. The number of rotatable bonds is 3. The molecule has 0 aromatic carbocycles. The van der Waals surface area contributed by atoms with E-state index in [0.717, 1.165) is 12.8 Å². The Kier molecular flexibility index (Phi) is 2.29. The zero-order chi connectivity index (χ0) is 9.10. The van der Waals surface area contributed by atoms with Gasteiger partial charge in [-0.25, -0.2) is 4.98 Å². The molecular weight excluding hydrogens is 166 g/mol. The summed E-state index contributed by atoms with van der Waals surface area (Å²) in [7, 11) is 0. The first-order valence-corrected chi connectivity index (χ1v) is 4.60. The molecule has 4 heteroatoms. The summed E-state index contributed by atoms with van der Waals surface area (Å²) >= 11 is 0. The quantitative estimate of drug-likeness (QED) is 0.736. The van der Waals surface area contributed by atoms with E-state index < -0.39 is 0 Å². The Morgan fingerprint density at radius 2 is 2.46 bits per heavy atom. The van der Waals surface area contributed by atoms with Crippen LogP contribution >= 0.6 is 0 Å². The van der Waals surface area contributed by atoms with Crippen LogP contribution in [0.1, 0.15) is 19.3 Å². The van der Waals surface area contributed by atoms with Gasteiger partial charge in [0.15, 0.2) is 0 Å². The molecule has 0 radical (unpaired) electrons. The Bertz CT molecular complexity index is 277. The summed E-state index contributed by atoms with van der Waals surface area (Å²) in [6.45, 7) is 0.385. The third-order valence-electron chi connectivity index (χ3n) is 2.36. The SMILES string of the molecule is O=C(Cn1ccnc1)NC1CCC1. The van der Waals surface area contributed by atoms with Crippen LogP contribution in [-0.4, -0.2) is 21.5 Å². The summed E-state index contributed by atoms with van der Waals surface area (Å²) in [5.74, 6) is 0.0858. The highest BCUT2D eigenvalue weighted by Crippen LogP contribution is 2.17. The average molecular weight is 179 g/mol. The van der Waals surface area contributed by atoms with Crippen LogP contribution in [0.3, 0.4) is 0 Å². The molecule has 1 N–H and O–H groups in total. The van der Waals surface area contributed by atoms with Crippen molar-refractivity contribution in [1.82, 2.24) is 14.9 Å². The molecule has 1 aromatic rings. The fourth-order valence-corrected chi connectivity index (χ4v) is 1.37. The summed E-state index contributed by atoms with van der Waals surface area (Å²) in [4.78, 5) is 15.2. The third-order valence-corrected chi connectivity index (χ3v) is 2.36. The van der Waals surface area contributed by atoms with E-state index in [1.54, 1.807) is 23.3 Å². The maximum atomic E-state index is 11.4. The van der Waals surface area contributed by atoms with Crippen molar-refractivity contribution in [2.45, 2.75) is 31.8 Å². The second-order valence-corrected chi connectivity index (χ2v) is 3.43. The molecule has 1 fully saturated rings. The first kappa shape index (κ1) is 8.29. The van der Waals surface area contributed by atoms with Gasteiger partial charge in [0.1, 0.15) is 6.54 Å². The highest BCUT2D eigenvalue weighted by molar-refractivity contribution is 5.76. The molecule has 1 aliphatic carbocycles. The number of carbonyl (C=O) groups excluding carboxylic acids is 1. The molecule has 0 bridgehead atoms. The highest BCUT2D eigenvalue weighted by atomic mass is 16.2. The predicted molar refractivity (Wildman–Crippen MR) is 48.0 cm³/mol. The largest absolute Gasteiger partial charge is 0.352 e. The number of hydrogen-bond donors (Lipinski definition) is 1. The summed E-state index contributed by atoms with van der Waals surface area (Å²) in [6.07, 6.45) is 8.64. The molecule has 70 valence electrons. The van der Waals surface area contributed by atoms with Gasteiger partial charge in [0, 0.05) is 18.4 Å². The summed E-state index contributed by atoms with van der Waals surface area (Å²) in [5.41, 5.74) is 0. The van der Waals surface area contributed by atoms with Crippen LogP contribution < -0.4 is 5.32 Å². The van der Waals surface area contributed by atoms with Gasteiger partial charge in [-0.2, -0.15) is 0 Å². The molecule has 13 heavy (non-hydrogen) atoms. The van der Waals surface area contributed by atoms with Crippen molar-refractivity contribution >= 4 is 5.91 Å². The second kappa shape index (κ2) is 3.60. The molecule has 0 saturated heterocycles. The van der Waals surface area contributed by atoms with Gasteiger partial charge in [-0.3, -0.25) is 4.79 Å². The summed E-state index contributed by atoms with van der Waals surface area (Å²) in [5, 5.41) is 2.97. The molecule has 4 nitrogen and oxygen atoms in total. The van der Waals surface area contributed by atoms with Crippen LogP contribution in [0.15, 0.2) is 18.7 Å². The fourth-order valence-electron chi connectivity index (χ4n) is 1.37. The maximum Gasteiger partial charge on any atom is 0.240 e. The van der Waals surface area contributed by atoms with Crippen molar-refractivity contribution in [3.63, 3.8) is 0 Å². The number of imidazole rings is 1. The second-order valence-electron chi connectivity index (χ2n) is 3.43. The first-order chi connectivity index (χ1) is 6.34. The summed E-state index contributed by atoms with van der Waals surface area (Å²) < 4.78 is 1.77. The van der Waals surface area contributed by atoms with E-state index in [4.69, 9.17) is 0 Å². The van der Waals surface area contributed by atoms with Crippen LogP contribution in [0.4, 0.5) is 0 Å². The first-order valence-electron chi connectivity index (χ1n) is 4.60. The molecule has 1 amide bonds. The van der Waals surface area contributed by atoms with E-state index in [9.17, 15) is 4.79 Å². The van der Waals surface area contributed by atoms with Crippen LogP contribution in [0, 0.1) is 0 Å². The zero-order valence-electron chi connectivity index (χ0n) is 7.44. The van der Waals surface area contributed by atoms with Crippen molar-refractivity contribution < 1.29 is 4.79 Å². The minimum absolute atomic E-state index is 0.0858. The smallest absolute Gasteiger partial charge is 0.240 e. The van der Waals surface area contributed by atoms with Gasteiger partial charge in [0.2, 0.25) is 5.91 Å². The molecule has 0 unspecified atom stereocenters. The molecule has 1 aromatic heterocycles. The van der Waals surface area contributed by atoms with Crippen molar-refractivity contribution in [2.24, 2.45) is 0 Å². The minimum atomic E-state index is 0.0858. The predicted octanol–water partition coefficient (Wildman–Crippen LogP) is 0.552. The van der Waals surface area contributed by atoms with Gasteiger partial charge in [-0.05, 0) is 19.3 Å². The standard InChI is InChI=1S/C9H13N3O/c13-9(11-8-2-1-3-8)6-12-5-4-10-7-12/h4-5,7-8H,1-3,6H2,(H,11,13). The Balaban J connectivity index is 1.78. The number of nitrogens with one attached hydrogen (secondary N) is 1. The van der Waals surface area contributed by atoms with Gasteiger partial charge >= 0.3 is 0 Å². The molecule has 1 aliphatic rings. The number of nitrogens with zero attached hydrogens (tertiary/aromatic N) is 2. The van der Waals surface area contributed by atoms with Gasteiger partial charge < -0.3 is 9.88 Å². The summed E-state index contributed by atoms with van der Waals surface area (Å²) in [6, 6.07) is 0.427. The van der Waals surface area contributed by atoms with E-state index in [1.807, 2.05) is 0 Å². The van der Waals surface area contributed by atoms with Crippen LogP contribution in [0.2, 0.25) is 0 Å². The maximum absolute atomic E-state index is 11.4. The minimum Gasteiger partial charge on any atom is -0.352 e. The molecule has 0 atom stereocenters. The van der Waals surface area contributed by atoms with Crippen LogP contribution in [0.25, 0.3) is 0 Å². The number of aromatic nitrogens is 2. The molecule has 1 saturated carbocycles. The van der Waals surface area contributed by atoms with E-state index in [-0.39, 0.29) is 5.91 Å². The molecule has 0 spiro atoms. The number of amides is 1. The van der Waals surface area contributed by atoms with E-state index in [1.165, 1.54) is 6.42 Å². The van der Waals surface area contributed by atoms with Crippen molar-refractivity contribution in [1.29, 1.82) is 0 Å². The van der Waals surface area contributed by atoms with Crippen LogP contribution in [-0.2, 0) is 11.3 Å². The monoisotopic (exact) mass is 179 g/mol. The lowest BCUT2D eigenvalue weighted by Crippen LogP contribution is -2.40. The van der Waals surface area contributed by atoms with Gasteiger partial charge in [-0.1, -0.05) is 0 Å². The zero-order valence-corrected chi connectivity index (χ0v) is 7.44. The topological polar surface area (TPSA) is 46.9 Å². The Labute approximate surface area is 77.0 Å². The lowest BCUT2D eigenvalue weighted by atomic mass is 9.93.